The van der Waals surface area contributed by atoms with Crippen molar-refractivity contribution in [1.29, 1.82) is 5.41 Å². The number of carbonyl (C=O) groups excluding carboxylic acids is 1. The third-order valence-electron chi connectivity index (χ3n) is 1.65. The Morgan fingerprint density at radius 2 is 2.00 bits per heavy atom. The number of unbranched alkanes of at least 4 members (excludes halogenated alkanes) is 1. The molecule has 0 aromatic rings. The van der Waals surface area contributed by atoms with Gasteiger partial charge in [-0.1, -0.05) is 34.8 Å². The molecule has 9 heteroatoms. The standard InChI is InChI=1S/C8H15Cl3N4O2/c9-8(10,11)5-17-6(16)3-1-2-4-14-7(12)15-13/h1-5,13H2,(H3,12,14,15). The second-order valence-electron chi connectivity index (χ2n) is 3.18. The van der Waals surface area contributed by atoms with Crippen LogP contribution in [-0.4, -0.2) is 28.9 Å². The topological polar surface area (TPSA) is 100 Å². The van der Waals surface area contributed by atoms with Crippen molar-refractivity contribution in [3.8, 4) is 0 Å². The summed E-state index contributed by atoms with van der Waals surface area (Å²) in [5, 5.41) is 9.80. The number of nitrogens with two attached hydrogens (primary N) is 1. The van der Waals surface area contributed by atoms with Gasteiger partial charge < -0.3 is 10.1 Å². The Balaban J connectivity index is 3.43. The molecular formula is C8H15Cl3N4O2. The van der Waals surface area contributed by atoms with Gasteiger partial charge in [-0.3, -0.25) is 15.6 Å². The first-order valence-electron chi connectivity index (χ1n) is 4.86. The molecule has 0 rings (SSSR count). The average Bonchev–Trinajstić information content (AvgIpc) is 2.24. The lowest BCUT2D eigenvalue weighted by Gasteiger charge is -2.11. The minimum absolute atomic E-state index is 0.0313. The maximum absolute atomic E-state index is 11.1. The fourth-order valence-corrected chi connectivity index (χ4v) is 1.06. The van der Waals surface area contributed by atoms with Crippen LogP contribution in [0.3, 0.4) is 0 Å². The van der Waals surface area contributed by atoms with Gasteiger partial charge in [-0.2, -0.15) is 0 Å². The normalized spacial score (nSPS) is 10.8. The van der Waals surface area contributed by atoms with Crippen LogP contribution in [0, 0.1) is 5.41 Å². The number of hydrogen-bond donors (Lipinski definition) is 4. The van der Waals surface area contributed by atoms with E-state index in [0.29, 0.717) is 19.4 Å². The number of nitrogens with one attached hydrogen (secondary N) is 3. The van der Waals surface area contributed by atoms with Gasteiger partial charge in [0.25, 0.3) is 0 Å². The van der Waals surface area contributed by atoms with E-state index < -0.39 is 9.76 Å². The molecule has 6 nitrogen and oxygen atoms in total. The number of hydrogen-bond acceptors (Lipinski definition) is 4. The maximum atomic E-state index is 11.1. The monoisotopic (exact) mass is 304 g/mol. The molecule has 0 aliphatic heterocycles. The zero-order valence-electron chi connectivity index (χ0n) is 9.06. The van der Waals surface area contributed by atoms with E-state index in [1.165, 1.54) is 0 Å². The summed E-state index contributed by atoms with van der Waals surface area (Å²) in [6.07, 6.45) is 1.56. The third kappa shape index (κ3) is 11.8. The highest BCUT2D eigenvalue weighted by molar-refractivity contribution is 6.67. The van der Waals surface area contributed by atoms with Crippen LogP contribution in [0.4, 0.5) is 0 Å². The van der Waals surface area contributed by atoms with Gasteiger partial charge in [0, 0.05) is 13.0 Å². The van der Waals surface area contributed by atoms with E-state index in [2.05, 4.69) is 10.7 Å². The summed E-state index contributed by atoms with van der Waals surface area (Å²) in [6, 6.07) is 0. The molecule has 0 bridgehead atoms. The van der Waals surface area contributed by atoms with E-state index in [4.69, 9.17) is 50.8 Å². The molecule has 5 N–H and O–H groups in total. The first-order valence-corrected chi connectivity index (χ1v) is 6.00. The number of alkyl halides is 3. The van der Waals surface area contributed by atoms with E-state index in [1.807, 2.05) is 0 Å². The third-order valence-corrected chi connectivity index (χ3v) is 1.98. The predicted molar refractivity (Wildman–Crippen MR) is 68.2 cm³/mol. The molecule has 0 aromatic heterocycles. The van der Waals surface area contributed by atoms with E-state index in [9.17, 15) is 4.79 Å². The second-order valence-corrected chi connectivity index (χ2v) is 5.70. The number of hydrazine groups is 1. The molecule has 17 heavy (non-hydrogen) atoms. The molecular weight excluding hydrogens is 290 g/mol. The first kappa shape index (κ1) is 16.6. The number of guanidine groups is 1. The molecule has 0 unspecified atom stereocenters. The zero-order chi connectivity index (χ0) is 13.3. The Morgan fingerprint density at radius 1 is 1.35 bits per heavy atom. The fourth-order valence-electron chi connectivity index (χ4n) is 0.893. The summed E-state index contributed by atoms with van der Waals surface area (Å²) < 4.78 is 3.16. The molecule has 100 valence electrons. The van der Waals surface area contributed by atoms with Crippen LogP contribution in [0.15, 0.2) is 0 Å². The molecule has 0 aromatic carbocycles. The molecule has 0 radical (unpaired) electrons. The Kier molecular flexibility index (Phi) is 8.41. The van der Waals surface area contributed by atoms with Gasteiger partial charge in [0.1, 0.15) is 6.61 Å². The molecule has 0 amide bonds. The number of rotatable bonds is 6. The lowest BCUT2D eigenvalue weighted by Crippen LogP contribution is -2.40. The first-order chi connectivity index (χ1) is 7.85. The number of halogens is 3. The summed E-state index contributed by atoms with van der Waals surface area (Å²) in [6.45, 7) is 0.289. The van der Waals surface area contributed by atoms with Gasteiger partial charge in [-0.25, -0.2) is 5.84 Å². The highest BCUT2D eigenvalue weighted by atomic mass is 35.6. The van der Waals surface area contributed by atoms with Crippen molar-refractivity contribution < 1.29 is 9.53 Å². The van der Waals surface area contributed by atoms with Gasteiger partial charge in [0.05, 0.1) is 0 Å². The summed E-state index contributed by atoms with van der Waals surface area (Å²) in [5.41, 5.74) is 2.14. The lowest BCUT2D eigenvalue weighted by atomic mass is 10.2. The van der Waals surface area contributed by atoms with Crippen molar-refractivity contribution in [1.82, 2.24) is 10.7 Å². The van der Waals surface area contributed by atoms with Crippen LogP contribution in [-0.2, 0) is 9.53 Å². The molecule has 0 fully saturated rings. The Morgan fingerprint density at radius 3 is 2.53 bits per heavy atom. The highest BCUT2D eigenvalue weighted by Crippen LogP contribution is 2.26. The van der Waals surface area contributed by atoms with Gasteiger partial charge in [-0.15, -0.1) is 0 Å². The highest BCUT2D eigenvalue weighted by Gasteiger charge is 2.21. The number of carbonyl (C=O) groups is 1. The van der Waals surface area contributed by atoms with Gasteiger partial charge >= 0.3 is 5.97 Å². The zero-order valence-corrected chi connectivity index (χ0v) is 11.3. The molecule has 0 aliphatic rings. The van der Waals surface area contributed by atoms with E-state index in [1.54, 1.807) is 0 Å². The molecule has 0 spiro atoms. The molecule has 0 saturated heterocycles. The molecule has 0 heterocycles. The average molecular weight is 306 g/mol. The number of esters is 1. The van der Waals surface area contributed by atoms with Crippen LogP contribution < -0.4 is 16.6 Å². The summed E-state index contributed by atoms with van der Waals surface area (Å²) >= 11 is 16.2. The van der Waals surface area contributed by atoms with Crippen LogP contribution in [0.5, 0.6) is 0 Å². The van der Waals surface area contributed by atoms with E-state index >= 15 is 0 Å². The lowest BCUT2D eigenvalue weighted by molar-refractivity contribution is -0.143. The quantitative estimate of drug-likeness (QED) is 0.112. The van der Waals surface area contributed by atoms with Crippen LogP contribution in [0.2, 0.25) is 0 Å². The SMILES string of the molecule is N=C(NN)NCCCCC(=O)OCC(Cl)(Cl)Cl. The Labute approximate surface area is 115 Å². The largest absolute Gasteiger partial charge is 0.461 e. The van der Waals surface area contributed by atoms with Crippen molar-refractivity contribution in [3.05, 3.63) is 0 Å². The summed E-state index contributed by atoms with van der Waals surface area (Å²) in [5.74, 6) is 4.58. The van der Waals surface area contributed by atoms with Crippen LogP contribution >= 0.6 is 34.8 Å². The van der Waals surface area contributed by atoms with Gasteiger partial charge in [0.15, 0.2) is 0 Å². The minimum Gasteiger partial charge on any atom is -0.461 e. The summed E-state index contributed by atoms with van der Waals surface area (Å²) in [7, 11) is 0. The number of ether oxygens (including phenoxy) is 1. The Bertz CT molecular complexity index is 258. The molecule has 0 atom stereocenters. The van der Waals surface area contributed by atoms with Crippen molar-refractivity contribution in [2.24, 2.45) is 5.84 Å². The molecule has 0 saturated carbocycles. The summed E-state index contributed by atoms with van der Waals surface area (Å²) in [4.78, 5) is 11.1. The van der Waals surface area contributed by atoms with Crippen molar-refractivity contribution in [2.75, 3.05) is 13.2 Å². The van der Waals surface area contributed by atoms with Gasteiger partial charge in [0.2, 0.25) is 9.75 Å². The maximum Gasteiger partial charge on any atom is 0.305 e. The van der Waals surface area contributed by atoms with Crippen LogP contribution in [0.1, 0.15) is 19.3 Å². The van der Waals surface area contributed by atoms with Crippen molar-refractivity contribution >= 4 is 46.7 Å². The predicted octanol–water partition coefficient (Wildman–Crippen LogP) is 1.06. The molecule has 0 aliphatic carbocycles. The van der Waals surface area contributed by atoms with Gasteiger partial charge in [-0.05, 0) is 12.8 Å². The smallest absolute Gasteiger partial charge is 0.305 e. The van der Waals surface area contributed by atoms with E-state index in [0.717, 1.165) is 0 Å². The Hall–Kier alpha value is -0.430. The van der Waals surface area contributed by atoms with Crippen molar-refractivity contribution in [3.63, 3.8) is 0 Å². The minimum atomic E-state index is -1.57. The van der Waals surface area contributed by atoms with E-state index in [-0.39, 0.29) is 19.0 Å². The second kappa shape index (κ2) is 8.63. The van der Waals surface area contributed by atoms with Crippen LogP contribution in [0.25, 0.3) is 0 Å². The van der Waals surface area contributed by atoms with Crippen molar-refractivity contribution in [2.45, 2.75) is 23.1 Å². The fraction of sp³-hybridized carbons (Fsp3) is 0.750.